The predicted octanol–water partition coefficient (Wildman–Crippen LogP) is -0.211. The number of hydrogen-bond donors (Lipinski definition) is 2. The van der Waals surface area contributed by atoms with Crippen LogP contribution < -0.4 is 5.73 Å². The number of aliphatic hydroxyl groups is 1. The lowest BCUT2D eigenvalue weighted by Gasteiger charge is -2.21. The summed E-state index contributed by atoms with van der Waals surface area (Å²) in [6.45, 7) is 3.73. The van der Waals surface area contributed by atoms with Gasteiger partial charge in [-0.25, -0.2) is 0 Å². The van der Waals surface area contributed by atoms with Crippen molar-refractivity contribution in [3.05, 3.63) is 0 Å². The van der Waals surface area contributed by atoms with Crippen LogP contribution >= 0.6 is 0 Å². The molecule has 1 saturated carbocycles. The molecule has 2 fully saturated rings. The van der Waals surface area contributed by atoms with Crippen molar-refractivity contribution in [3.8, 4) is 0 Å². The fourth-order valence-corrected chi connectivity index (χ4v) is 2.24. The topological polar surface area (TPSA) is 49.5 Å². The lowest BCUT2D eigenvalue weighted by molar-refractivity contribution is 0.103. The summed E-state index contributed by atoms with van der Waals surface area (Å²) in [5.74, 6) is 0.306. The van der Waals surface area contributed by atoms with Crippen LogP contribution in [0.2, 0.25) is 0 Å². The van der Waals surface area contributed by atoms with Crippen LogP contribution in [0.15, 0.2) is 0 Å². The van der Waals surface area contributed by atoms with Gasteiger partial charge < -0.3 is 10.8 Å². The van der Waals surface area contributed by atoms with E-state index in [1.54, 1.807) is 0 Å². The highest BCUT2D eigenvalue weighted by Crippen LogP contribution is 2.35. The first-order valence-electron chi connectivity index (χ1n) is 4.88. The first-order valence-corrected chi connectivity index (χ1v) is 4.88. The second-order valence-electron chi connectivity index (χ2n) is 4.15. The van der Waals surface area contributed by atoms with Crippen molar-refractivity contribution in [2.24, 2.45) is 11.7 Å². The van der Waals surface area contributed by atoms with Crippen LogP contribution in [0, 0.1) is 5.92 Å². The SMILES string of the molecule is CC1C(O)C(CN)CN1C1CC1. The second-order valence-corrected chi connectivity index (χ2v) is 4.15. The Morgan fingerprint density at radius 1 is 1.50 bits per heavy atom. The van der Waals surface area contributed by atoms with Gasteiger partial charge >= 0.3 is 0 Å². The fraction of sp³-hybridized carbons (Fsp3) is 1.00. The van der Waals surface area contributed by atoms with E-state index in [1.165, 1.54) is 12.8 Å². The highest BCUT2D eigenvalue weighted by Gasteiger charge is 2.43. The monoisotopic (exact) mass is 170 g/mol. The van der Waals surface area contributed by atoms with E-state index in [1.807, 2.05) is 0 Å². The van der Waals surface area contributed by atoms with Gasteiger partial charge in [0.2, 0.25) is 0 Å². The lowest BCUT2D eigenvalue weighted by atomic mass is 10.0. The number of likely N-dealkylation sites (tertiary alicyclic amines) is 1. The van der Waals surface area contributed by atoms with E-state index in [-0.39, 0.29) is 6.10 Å². The van der Waals surface area contributed by atoms with Gasteiger partial charge in [0.1, 0.15) is 0 Å². The Balaban J connectivity index is 2.00. The van der Waals surface area contributed by atoms with Gasteiger partial charge in [-0.05, 0) is 26.3 Å². The number of hydrogen-bond acceptors (Lipinski definition) is 3. The van der Waals surface area contributed by atoms with Gasteiger partial charge in [0.15, 0.2) is 0 Å². The first kappa shape index (κ1) is 8.48. The van der Waals surface area contributed by atoms with Crippen LogP contribution in [0.4, 0.5) is 0 Å². The minimum Gasteiger partial charge on any atom is -0.391 e. The Labute approximate surface area is 73.5 Å². The van der Waals surface area contributed by atoms with Crippen LogP contribution in [-0.2, 0) is 0 Å². The van der Waals surface area contributed by atoms with E-state index < -0.39 is 0 Å². The molecule has 2 aliphatic rings. The molecule has 0 spiro atoms. The molecular formula is C9H18N2O. The van der Waals surface area contributed by atoms with Gasteiger partial charge in [0.25, 0.3) is 0 Å². The van der Waals surface area contributed by atoms with E-state index in [0.717, 1.165) is 12.6 Å². The Bertz CT molecular complexity index is 170. The quantitative estimate of drug-likeness (QED) is 0.603. The molecule has 0 aromatic carbocycles. The summed E-state index contributed by atoms with van der Waals surface area (Å²) in [6.07, 6.45) is 2.43. The Morgan fingerprint density at radius 2 is 2.17 bits per heavy atom. The number of aliphatic hydroxyl groups excluding tert-OH is 1. The molecular weight excluding hydrogens is 152 g/mol. The molecule has 1 saturated heterocycles. The zero-order valence-corrected chi connectivity index (χ0v) is 7.61. The molecule has 0 aromatic rings. The van der Waals surface area contributed by atoms with Crippen molar-refractivity contribution in [1.82, 2.24) is 4.90 Å². The molecule has 3 atom stereocenters. The minimum absolute atomic E-state index is 0.199. The molecule has 1 aliphatic carbocycles. The van der Waals surface area contributed by atoms with Crippen LogP contribution in [-0.4, -0.2) is 41.3 Å². The largest absolute Gasteiger partial charge is 0.391 e. The normalized spacial score (nSPS) is 43.8. The summed E-state index contributed by atoms with van der Waals surface area (Å²) in [7, 11) is 0. The molecule has 3 heteroatoms. The van der Waals surface area contributed by atoms with Crippen molar-refractivity contribution >= 4 is 0 Å². The van der Waals surface area contributed by atoms with Crippen LogP contribution in [0.3, 0.4) is 0 Å². The summed E-state index contributed by atoms with van der Waals surface area (Å²) in [5, 5.41) is 9.78. The number of nitrogens with zero attached hydrogens (tertiary/aromatic N) is 1. The van der Waals surface area contributed by atoms with E-state index in [2.05, 4.69) is 11.8 Å². The van der Waals surface area contributed by atoms with Gasteiger partial charge in [-0.2, -0.15) is 0 Å². The molecule has 1 heterocycles. The molecule has 0 bridgehead atoms. The van der Waals surface area contributed by atoms with E-state index >= 15 is 0 Å². The molecule has 2 rings (SSSR count). The van der Waals surface area contributed by atoms with E-state index in [9.17, 15) is 5.11 Å². The summed E-state index contributed by atoms with van der Waals surface area (Å²) in [4.78, 5) is 2.42. The van der Waals surface area contributed by atoms with Crippen LogP contribution in [0.5, 0.6) is 0 Å². The maximum absolute atomic E-state index is 9.78. The molecule has 3 nitrogen and oxygen atoms in total. The van der Waals surface area contributed by atoms with E-state index in [4.69, 9.17) is 5.73 Å². The third-order valence-corrected chi connectivity index (χ3v) is 3.26. The summed E-state index contributed by atoms with van der Waals surface area (Å²) >= 11 is 0. The van der Waals surface area contributed by atoms with Gasteiger partial charge in [-0.1, -0.05) is 0 Å². The smallest absolute Gasteiger partial charge is 0.0745 e. The Kier molecular flexibility index (Phi) is 2.10. The second kappa shape index (κ2) is 2.98. The van der Waals surface area contributed by atoms with E-state index in [0.29, 0.717) is 18.5 Å². The van der Waals surface area contributed by atoms with Gasteiger partial charge in [-0.3, -0.25) is 4.90 Å². The zero-order valence-electron chi connectivity index (χ0n) is 7.61. The fourth-order valence-electron chi connectivity index (χ4n) is 2.24. The average Bonchev–Trinajstić information content (AvgIpc) is 2.84. The minimum atomic E-state index is -0.199. The highest BCUT2D eigenvalue weighted by atomic mass is 16.3. The summed E-state index contributed by atoms with van der Waals surface area (Å²) in [6, 6.07) is 1.08. The maximum Gasteiger partial charge on any atom is 0.0745 e. The standard InChI is InChI=1S/C9H18N2O/c1-6-9(12)7(4-10)5-11(6)8-2-3-8/h6-9,12H,2-5,10H2,1H3. The Hall–Kier alpha value is -0.120. The Morgan fingerprint density at radius 3 is 2.58 bits per heavy atom. The van der Waals surface area contributed by atoms with Crippen molar-refractivity contribution in [2.75, 3.05) is 13.1 Å². The van der Waals surface area contributed by atoms with Gasteiger partial charge in [0, 0.05) is 24.5 Å². The molecule has 70 valence electrons. The summed E-state index contributed by atoms with van der Waals surface area (Å²) < 4.78 is 0. The zero-order chi connectivity index (χ0) is 8.72. The molecule has 0 radical (unpaired) electrons. The predicted molar refractivity (Wildman–Crippen MR) is 47.7 cm³/mol. The molecule has 3 unspecified atom stereocenters. The third-order valence-electron chi connectivity index (χ3n) is 3.26. The molecule has 0 amide bonds. The molecule has 0 aromatic heterocycles. The van der Waals surface area contributed by atoms with Gasteiger partial charge in [0.05, 0.1) is 6.10 Å². The van der Waals surface area contributed by atoms with Crippen LogP contribution in [0.25, 0.3) is 0 Å². The average molecular weight is 170 g/mol. The highest BCUT2D eigenvalue weighted by molar-refractivity contribution is 4.98. The number of nitrogens with two attached hydrogens (primary N) is 1. The summed E-state index contributed by atoms with van der Waals surface area (Å²) in [5.41, 5.74) is 5.58. The lowest BCUT2D eigenvalue weighted by Crippen LogP contribution is -2.34. The first-order chi connectivity index (χ1) is 5.74. The third kappa shape index (κ3) is 1.26. The van der Waals surface area contributed by atoms with Crippen molar-refractivity contribution in [2.45, 2.75) is 38.0 Å². The van der Waals surface area contributed by atoms with Crippen molar-refractivity contribution in [1.29, 1.82) is 0 Å². The number of rotatable bonds is 2. The van der Waals surface area contributed by atoms with Crippen molar-refractivity contribution < 1.29 is 5.11 Å². The molecule has 1 aliphatic heterocycles. The molecule has 12 heavy (non-hydrogen) atoms. The van der Waals surface area contributed by atoms with Crippen LogP contribution in [0.1, 0.15) is 19.8 Å². The molecule has 3 N–H and O–H groups in total. The maximum atomic E-state index is 9.78. The van der Waals surface area contributed by atoms with Crippen molar-refractivity contribution in [3.63, 3.8) is 0 Å². The van der Waals surface area contributed by atoms with Gasteiger partial charge in [-0.15, -0.1) is 0 Å².